The largest absolute Gasteiger partial charge is 0.397 e. The molecule has 0 aliphatic rings. The van der Waals surface area contributed by atoms with Gasteiger partial charge in [0.1, 0.15) is 4.88 Å². The van der Waals surface area contributed by atoms with Gasteiger partial charge in [-0.3, -0.25) is 4.79 Å². The van der Waals surface area contributed by atoms with Crippen LogP contribution in [0.1, 0.15) is 23.0 Å². The minimum Gasteiger partial charge on any atom is -0.397 e. The summed E-state index contributed by atoms with van der Waals surface area (Å²) in [6.07, 6.45) is 0.905. The number of nitrogens with one attached hydrogen (secondary N) is 1. The quantitative estimate of drug-likeness (QED) is 0.898. The second-order valence-electron chi connectivity index (χ2n) is 3.74. The Labute approximate surface area is 109 Å². The van der Waals surface area contributed by atoms with Crippen molar-refractivity contribution in [1.29, 1.82) is 0 Å². The number of amides is 1. The molecule has 0 saturated heterocycles. The van der Waals surface area contributed by atoms with Crippen molar-refractivity contribution in [3.8, 4) is 0 Å². The van der Waals surface area contributed by atoms with Crippen molar-refractivity contribution in [3.05, 3.63) is 28.1 Å². The lowest BCUT2D eigenvalue weighted by Gasteiger charge is -2.01. The first kappa shape index (κ1) is 12.2. The molecule has 1 heterocycles. The van der Waals surface area contributed by atoms with Crippen molar-refractivity contribution in [2.45, 2.75) is 13.3 Å². The maximum absolute atomic E-state index is 11.9. The fraction of sp³-hybridized carbons (Fsp3) is 0.250. The van der Waals surface area contributed by atoms with Gasteiger partial charge < -0.3 is 11.1 Å². The molecule has 2 rings (SSSR count). The Bertz CT molecular complexity index is 565. The number of hydrogen-bond donors (Lipinski definition) is 2. The lowest BCUT2D eigenvalue weighted by Crippen LogP contribution is -2.23. The molecule has 0 atom stereocenters. The molecule has 90 valence electrons. The summed E-state index contributed by atoms with van der Waals surface area (Å²) in [5, 5.41) is 4.37. The molecule has 1 aromatic heterocycles. The predicted octanol–water partition coefficient (Wildman–Crippen LogP) is 3.28. The summed E-state index contributed by atoms with van der Waals surface area (Å²) in [5.74, 6) is -0.110. The fourth-order valence-corrected chi connectivity index (χ4v) is 2.89. The number of halogens is 1. The fourth-order valence-electron chi connectivity index (χ4n) is 1.58. The molecule has 0 bridgehead atoms. The van der Waals surface area contributed by atoms with Gasteiger partial charge in [-0.1, -0.05) is 18.5 Å². The molecule has 0 aliphatic heterocycles. The summed E-state index contributed by atoms with van der Waals surface area (Å²) >= 11 is 7.28. The number of anilines is 1. The van der Waals surface area contributed by atoms with Crippen LogP contribution >= 0.6 is 22.9 Å². The molecule has 2 aromatic rings. The Kier molecular flexibility index (Phi) is 3.54. The standard InChI is InChI=1S/C12H13ClN2OS/c1-2-5-15-12(16)11-10(14)8-4-3-7(13)6-9(8)17-11/h3-4,6H,2,5,14H2,1H3,(H,15,16). The number of rotatable bonds is 3. The van der Waals surface area contributed by atoms with Crippen LogP contribution in [0, 0.1) is 0 Å². The van der Waals surface area contributed by atoms with Crippen LogP contribution in [0.5, 0.6) is 0 Å². The Morgan fingerprint density at radius 3 is 3.00 bits per heavy atom. The predicted molar refractivity (Wildman–Crippen MR) is 73.9 cm³/mol. The van der Waals surface area contributed by atoms with Crippen LogP contribution in [-0.4, -0.2) is 12.5 Å². The SMILES string of the molecule is CCCNC(=O)c1sc2cc(Cl)ccc2c1N. The third kappa shape index (κ3) is 2.37. The zero-order valence-electron chi connectivity index (χ0n) is 9.42. The molecule has 0 unspecified atom stereocenters. The summed E-state index contributed by atoms with van der Waals surface area (Å²) < 4.78 is 0.941. The molecular weight excluding hydrogens is 256 g/mol. The Morgan fingerprint density at radius 1 is 1.53 bits per heavy atom. The molecule has 0 radical (unpaired) electrons. The first-order valence-electron chi connectivity index (χ1n) is 5.39. The highest BCUT2D eigenvalue weighted by atomic mass is 35.5. The van der Waals surface area contributed by atoms with Crippen molar-refractivity contribution < 1.29 is 4.79 Å². The zero-order valence-corrected chi connectivity index (χ0v) is 11.0. The zero-order chi connectivity index (χ0) is 12.4. The number of benzene rings is 1. The molecular formula is C12H13ClN2OS. The lowest BCUT2D eigenvalue weighted by molar-refractivity contribution is 0.0958. The smallest absolute Gasteiger partial charge is 0.263 e. The number of fused-ring (bicyclic) bond motifs is 1. The molecule has 1 amide bonds. The van der Waals surface area contributed by atoms with E-state index >= 15 is 0 Å². The second kappa shape index (κ2) is 4.94. The van der Waals surface area contributed by atoms with Crippen LogP contribution < -0.4 is 11.1 Å². The van der Waals surface area contributed by atoms with Gasteiger partial charge in [0.15, 0.2) is 0 Å². The van der Waals surface area contributed by atoms with E-state index in [1.807, 2.05) is 19.1 Å². The van der Waals surface area contributed by atoms with E-state index in [0.717, 1.165) is 16.5 Å². The van der Waals surface area contributed by atoms with E-state index in [4.69, 9.17) is 17.3 Å². The monoisotopic (exact) mass is 268 g/mol. The lowest BCUT2D eigenvalue weighted by atomic mass is 10.2. The Hall–Kier alpha value is -1.26. The Morgan fingerprint density at radius 2 is 2.29 bits per heavy atom. The van der Waals surface area contributed by atoms with E-state index in [9.17, 15) is 4.79 Å². The summed E-state index contributed by atoms with van der Waals surface area (Å²) in [5.41, 5.74) is 6.51. The van der Waals surface area contributed by atoms with Gasteiger partial charge in [-0.25, -0.2) is 0 Å². The highest BCUT2D eigenvalue weighted by Gasteiger charge is 2.15. The Balaban J connectivity index is 2.41. The number of carbonyl (C=O) groups excluding carboxylic acids is 1. The van der Waals surface area contributed by atoms with Gasteiger partial charge >= 0.3 is 0 Å². The maximum Gasteiger partial charge on any atom is 0.263 e. The van der Waals surface area contributed by atoms with Gasteiger partial charge in [-0.15, -0.1) is 11.3 Å². The van der Waals surface area contributed by atoms with E-state index in [2.05, 4.69) is 5.32 Å². The van der Waals surface area contributed by atoms with E-state index in [0.29, 0.717) is 22.1 Å². The highest BCUT2D eigenvalue weighted by Crippen LogP contribution is 2.35. The van der Waals surface area contributed by atoms with Crippen molar-refractivity contribution in [2.75, 3.05) is 12.3 Å². The van der Waals surface area contributed by atoms with Crippen LogP contribution in [0.4, 0.5) is 5.69 Å². The van der Waals surface area contributed by atoms with Gasteiger partial charge in [0, 0.05) is 21.7 Å². The van der Waals surface area contributed by atoms with Crippen molar-refractivity contribution in [1.82, 2.24) is 5.32 Å². The summed E-state index contributed by atoms with van der Waals surface area (Å²) in [6.45, 7) is 2.67. The second-order valence-corrected chi connectivity index (χ2v) is 5.23. The van der Waals surface area contributed by atoms with E-state index < -0.39 is 0 Å². The maximum atomic E-state index is 11.9. The molecule has 0 aliphatic carbocycles. The number of nitrogen functional groups attached to an aromatic ring is 1. The molecule has 3 N–H and O–H groups in total. The number of thiophene rings is 1. The summed E-state index contributed by atoms with van der Waals surface area (Å²) in [4.78, 5) is 12.4. The minimum atomic E-state index is -0.110. The van der Waals surface area contributed by atoms with E-state index in [1.165, 1.54) is 11.3 Å². The van der Waals surface area contributed by atoms with Crippen molar-refractivity contribution in [3.63, 3.8) is 0 Å². The van der Waals surface area contributed by atoms with Gasteiger partial charge in [0.05, 0.1) is 5.69 Å². The molecule has 0 spiro atoms. The summed E-state index contributed by atoms with van der Waals surface area (Å²) in [7, 11) is 0. The van der Waals surface area contributed by atoms with Gasteiger partial charge in [0.2, 0.25) is 0 Å². The van der Waals surface area contributed by atoms with Gasteiger partial charge in [0.25, 0.3) is 5.91 Å². The van der Waals surface area contributed by atoms with E-state index in [1.54, 1.807) is 6.07 Å². The third-order valence-corrected chi connectivity index (χ3v) is 3.83. The molecule has 17 heavy (non-hydrogen) atoms. The minimum absolute atomic E-state index is 0.110. The summed E-state index contributed by atoms with van der Waals surface area (Å²) in [6, 6.07) is 5.45. The number of nitrogens with two attached hydrogens (primary N) is 1. The van der Waals surface area contributed by atoms with Gasteiger partial charge in [-0.2, -0.15) is 0 Å². The molecule has 5 heteroatoms. The first-order valence-corrected chi connectivity index (χ1v) is 6.58. The molecule has 3 nitrogen and oxygen atoms in total. The van der Waals surface area contributed by atoms with Gasteiger partial charge in [-0.05, 0) is 24.6 Å². The van der Waals surface area contributed by atoms with Crippen LogP contribution in [-0.2, 0) is 0 Å². The number of carbonyl (C=O) groups is 1. The highest BCUT2D eigenvalue weighted by molar-refractivity contribution is 7.21. The average molecular weight is 269 g/mol. The normalized spacial score (nSPS) is 10.7. The first-order chi connectivity index (χ1) is 8.13. The van der Waals surface area contributed by atoms with Crippen molar-refractivity contribution in [2.24, 2.45) is 0 Å². The van der Waals surface area contributed by atoms with Crippen LogP contribution in [0.2, 0.25) is 5.02 Å². The molecule has 0 fully saturated rings. The van der Waals surface area contributed by atoms with Crippen molar-refractivity contribution >= 4 is 44.6 Å². The number of hydrogen-bond acceptors (Lipinski definition) is 3. The molecule has 1 aromatic carbocycles. The topological polar surface area (TPSA) is 55.1 Å². The average Bonchev–Trinajstić information content (AvgIpc) is 2.63. The van der Waals surface area contributed by atoms with Crippen LogP contribution in [0.3, 0.4) is 0 Å². The van der Waals surface area contributed by atoms with Crippen LogP contribution in [0.25, 0.3) is 10.1 Å². The third-order valence-electron chi connectivity index (χ3n) is 2.43. The van der Waals surface area contributed by atoms with Crippen LogP contribution in [0.15, 0.2) is 18.2 Å². The van der Waals surface area contributed by atoms with E-state index in [-0.39, 0.29) is 5.91 Å². The molecule has 0 saturated carbocycles.